The van der Waals surface area contributed by atoms with E-state index in [2.05, 4.69) is 41.7 Å². The Labute approximate surface area is 227 Å². The van der Waals surface area contributed by atoms with Crippen LogP contribution in [-0.2, 0) is 0 Å². The van der Waals surface area contributed by atoms with Gasteiger partial charge in [-0.3, -0.25) is 10.1 Å². The van der Waals surface area contributed by atoms with Crippen molar-refractivity contribution < 1.29 is 33.7 Å². The topological polar surface area (TPSA) is 119 Å². The predicted molar refractivity (Wildman–Crippen MR) is 140 cm³/mol. The lowest BCUT2D eigenvalue weighted by molar-refractivity contribution is -1.92. The minimum absolute atomic E-state index is 0.0409. The molecule has 0 unspecified atom stereocenters. The van der Waals surface area contributed by atoms with Gasteiger partial charge in [-0.25, -0.2) is 0 Å². The second kappa shape index (κ2) is 13.2. The smallest absolute Gasteiger partial charge is 0.258 e. The molecular formula is C27H22Cl3NO5P+. The first-order valence-corrected chi connectivity index (χ1v) is 14.6. The first-order valence-electron chi connectivity index (χ1n) is 10.8. The van der Waals surface area contributed by atoms with Crippen LogP contribution in [-0.4, -0.2) is 10.6 Å². The molecule has 190 valence electrons. The van der Waals surface area contributed by atoms with Gasteiger partial charge in [-0.1, -0.05) is 96.0 Å². The summed E-state index contributed by atoms with van der Waals surface area (Å²) in [5, 5.41) is 6.22. The van der Waals surface area contributed by atoms with Crippen LogP contribution in [0.25, 0.3) is 0 Å². The molecule has 0 bridgehead atoms. The summed E-state index contributed by atoms with van der Waals surface area (Å²) < 4.78 is 32.8. The van der Waals surface area contributed by atoms with Crippen molar-refractivity contribution in [3.05, 3.63) is 137 Å². The van der Waals surface area contributed by atoms with Crippen LogP contribution in [0.1, 0.15) is 10.4 Å². The van der Waals surface area contributed by atoms with E-state index in [4.69, 9.17) is 41.8 Å². The molecule has 4 rings (SSSR count). The molecule has 0 aliphatic heterocycles. The van der Waals surface area contributed by atoms with Crippen LogP contribution >= 0.6 is 30.5 Å². The van der Waals surface area contributed by atoms with E-state index in [0.29, 0.717) is 11.0 Å². The number of carbonyl (C=O) groups is 1. The summed E-state index contributed by atoms with van der Waals surface area (Å²) in [5.74, 6) is -0.258. The van der Waals surface area contributed by atoms with Crippen LogP contribution in [0.3, 0.4) is 0 Å². The van der Waals surface area contributed by atoms with Crippen molar-refractivity contribution in [1.82, 2.24) is 5.32 Å². The summed E-state index contributed by atoms with van der Waals surface area (Å²) in [7, 11) is -7.30. The molecule has 1 amide bonds. The molecule has 0 fully saturated rings. The standard InChI is InChI=1S/C27H20Cl2NOP.ClHO4/c28-25(29)27(30-26(31)21-13-5-1-6-14-21)32(22-15-7-2-8-16-22,23-17-9-3-10-18-23)24-19-11-4-12-20-24;2-1(3,4)5/h1-20H;(H,2,3,4,5)/p+1. The van der Waals surface area contributed by atoms with Gasteiger partial charge in [0.1, 0.15) is 15.9 Å². The fourth-order valence-corrected chi connectivity index (χ4v) is 8.72. The molecule has 0 aliphatic rings. The first-order chi connectivity index (χ1) is 17.6. The Balaban J connectivity index is 0.000000695. The van der Waals surface area contributed by atoms with Gasteiger partial charge in [0.25, 0.3) is 5.91 Å². The third-order valence-electron chi connectivity index (χ3n) is 5.21. The molecule has 37 heavy (non-hydrogen) atoms. The maximum absolute atomic E-state index is 13.3. The van der Waals surface area contributed by atoms with E-state index in [0.717, 1.165) is 15.9 Å². The SMILES string of the molecule is O=C(NC(=C(Cl)Cl)[P+](c1ccccc1)(c1ccccc1)c1ccccc1)c1ccccc1.[O-][Cl+3]([O-])([O-])O. The van der Waals surface area contributed by atoms with Gasteiger partial charge in [0, 0.05) is 5.56 Å². The normalized spacial score (nSPS) is 11.1. The van der Waals surface area contributed by atoms with Gasteiger partial charge in [-0.05, 0) is 48.5 Å². The van der Waals surface area contributed by atoms with E-state index in [9.17, 15) is 4.79 Å². The second-order valence-electron chi connectivity index (χ2n) is 7.50. The number of hydrogen-bond acceptors (Lipinski definition) is 5. The fourth-order valence-electron chi connectivity index (χ4n) is 3.82. The summed E-state index contributed by atoms with van der Waals surface area (Å²) in [6.07, 6.45) is 0. The summed E-state index contributed by atoms with van der Waals surface area (Å²) in [6, 6.07) is 39.4. The molecule has 4 aromatic carbocycles. The number of hydrogen-bond donors (Lipinski definition) is 2. The Morgan fingerprint density at radius 3 is 1.24 bits per heavy atom. The van der Waals surface area contributed by atoms with Crippen LogP contribution in [0.2, 0.25) is 0 Å². The lowest BCUT2D eigenvalue weighted by Crippen LogP contribution is -2.58. The quantitative estimate of drug-likeness (QED) is 0.340. The van der Waals surface area contributed by atoms with Crippen molar-refractivity contribution in [2.24, 2.45) is 0 Å². The lowest BCUT2D eigenvalue weighted by atomic mass is 10.2. The maximum atomic E-state index is 13.3. The number of benzene rings is 4. The van der Waals surface area contributed by atoms with Crippen molar-refractivity contribution in [3.8, 4) is 0 Å². The summed E-state index contributed by atoms with van der Waals surface area (Å²) >= 11 is 13.1. The van der Waals surface area contributed by atoms with Crippen molar-refractivity contribution >= 4 is 52.3 Å². The third-order valence-corrected chi connectivity index (χ3v) is 10.1. The number of amides is 1. The maximum Gasteiger partial charge on any atom is 0.258 e. The molecule has 0 spiro atoms. The van der Waals surface area contributed by atoms with Gasteiger partial charge >= 0.3 is 0 Å². The van der Waals surface area contributed by atoms with Gasteiger partial charge < -0.3 is 0 Å². The molecule has 0 aliphatic carbocycles. The summed E-state index contributed by atoms with van der Waals surface area (Å²) in [6.45, 7) is 0. The number of rotatable bonds is 6. The largest absolute Gasteiger partial charge is 0.290 e. The zero-order valence-electron chi connectivity index (χ0n) is 19.2. The summed E-state index contributed by atoms with van der Waals surface area (Å²) in [5.41, 5.74) is 1.05. The third kappa shape index (κ3) is 7.62. The van der Waals surface area contributed by atoms with E-state index in [1.165, 1.54) is 0 Å². The Morgan fingerprint density at radius 1 is 0.649 bits per heavy atom. The van der Waals surface area contributed by atoms with Crippen LogP contribution in [0.5, 0.6) is 0 Å². The van der Waals surface area contributed by atoms with E-state index in [-0.39, 0.29) is 10.4 Å². The predicted octanol–water partition coefficient (Wildman–Crippen LogP) is 1.89. The molecule has 0 saturated heterocycles. The highest BCUT2D eigenvalue weighted by Gasteiger charge is 2.52. The van der Waals surface area contributed by atoms with Crippen LogP contribution in [0.15, 0.2) is 131 Å². The van der Waals surface area contributed by atoms with Crippen molar-refractivity contribution in [2.75, 3.05) is 0 Å². The van der Waals surface area contributed by atoms with E-state index >= 15 is 0 Å². The fraction of sp³-hybridized carbons (Fsp3) is 0. The van der Waals surface area contributed by atoms with Crippen LogP contribution < -0.4 is 35.2 Å². The Kier molecular flexibility index (Phi) is 10.2. The molecular weight excluding hydrogens is 556 g/mol. The average molecular weight is 578 g/mol. The molecule has 10 heteroatoms. The van der Waals surface area contributed by atoms with Gasteiger partial charge in [0.2, 0.25) is 5.44 Å². The molecule has 0 atom stereocenters. The zero-order chi connectivity index (χ0) is 26.9. The number of halogens is 3. The van der Waals surface area contributed by atoms with Gasteiger partial charge in [-0.2, -0.15) is 14.0 Å². The molecule has 0 radical (unpaired) electrons. The molecule has 0 aromatic heterocycles. The Hall–Kier alpha value is -2.77. The molecule has 0 heterocycles. The van der Waals surface area contributed by atoms with Crippen LogP contribution in [0.4, 0.5) is 0 Å². The molecule has 0 saturated carbocycles. The first kappa shape index (κ1) is 28.8. The molecule has 6 nitrogen and oxygen atoms in total. The Bertz CT molecular complexity index is 1210. The molecule has 4 aromatic rings. The average Bonchev–Trinajstić information content (AvgIpc) is 2.90. The van der Waals surface area contributed by atoms with Gasteiger partial charge in [0.15, 0.2) is 11.8 Å². The molecule has 2 N–H and O–H groups in total. The minimum atomic E-state index is -4.69. The van der Waals surface area contributed by atoms with E-state index in [1.54, 1.807) is 12.1 Å². The highest BCUT2D eigenvalue weighted by atomic mass is 35.7. The monoisotopic (exact) mass is 576 g/mol. The minimum Gasteiger partial charge on any atom is -0.290 e. The lowest BCUT2D eigenvalue weighted by Gasteiger charge is -2.29. The Morgan fingerprint density at radius 2 is 0.946 bits per heavy atom. The highest BCUT2D eigenvalue weighted by molar-refractivity contribution is 7.99. The van der Waals surface area contributed by atoms with Gasteiger partial charge in [-0.15, -0.1) is 0 Å². The van der Waals surface area contributed by atoms with Crippen molar-refractivity contribution in [2.45, 2.75) is 0 Å². The highest BCUT2D eigenvalue weighted by Crippen LogP contribution is 2.63. The van der Waals surface area contributed by atoms with E-state index < -0.39 is 17.5 Å². The second-order valence-corrected chi connectivity index (χ2v) is 12.6. The van der Waals surface area contributed by atoms with Crippen molar-refractivity contribution in [3.63, 3.8) is 0 Å². The van der Waals surface area contributed by atoms with Crippen molar-refractivity contribution in [1.29, 1.82) is 0 Å². The van der Waals surface area contributed by atoms with Crippen LogP contribution in [0, 0.1) is 10.2 Å². The van der Waals surface area contributed by atoms with Gasteiger partial charge in [0.05, 0.1) is 14.9 Å². The zero-order valence-corrected chi connectivity index (χ0v) is 22.4. The number of nitrogens with one attached hydrogen (secondary N) is 1. The number of carbonyl (C=O) groups excluding carboxylic acids is 1. The van der Waals surface area contributed by atoms with E-state index in [1.807, 2.05) is 72.8 Å². The summed E-state index contributed by atoms with van der Waals surface area (Å²) in [4.78, 5) is 13.3.